The number of aliphatic imine (C=N–C) groups is 1. The molecule has 1 unspecified atom stereocenters. The molecule has 3 nitrogen and oxygen atoms in total. The lowest BCUT2D eigenvalue weighted by Gasteiger charge is -2.27. The molecule has 0 N–H and O–H groups in total. The summed E-state index contributed by atoms with van der Waals surface area (Å²) >= 11 is 9.46. The number of benzene rings is 1. The molecular formula is C13H15BrClN3. The Labute approximate surface area is 121 Å². The molecule has 0 aliphatic rings. The number of halogens is 2. The number of nitrogens with zero attached hydrogens (tertiary/aromatic N) is 3. The lowest BCUT2D eigenvalue weighted by atomic mass is 10.1. The van der Waals surface area contributed by atoms with E-state index in [1.165, 1.54) is 0 Å². The molecule has 0 saturated carbocycles. The maximum absolute atomic E-state index is 8.66. The Bertz CT molecular complexity index is 493. The molecule has 0 saturated heterocycles. The molecule has 0 amide bonds. The van der Waals surface area contributed by atoms with E-state index in [-0.39, 0.29) is 6.04 Å². The van der Waals surface area contributed by atoms with Crippen molar-refractivity contribution in [1.29, 1.82) is 5.26 Å². The fourth-order valence-electron chi connectivity index (χ4n) is 1.68. The highest BCUT2D eigenvalue weighted by Gasteiger charge is 2.15. The van der Waals surface area contributed by atoms with Gasteiger partial charge in [0.15, 0.2) is 0 Å². The summed E-state index contributed by atoms with van der Waals surface area (Å²) < 4.78 is 0.879. The fourth-order valence-corrected chi connectivity index (χ4v) is 2.12. The predicted octanol–water partition coefficient (Wildman–Crippen LogP) is 4.38. The Morgan fingerprint density at radius 1 is 1.61 bits per heavy atom. The summed E-state index contributed by atoms with van der Waals surface area (Å²) in [5, 5.41) is 9.34. The van der Waals surface area contributed by atoms with Gasteiger partial charge < -0.3 is 4.90 Å². The molecular weight excluding hydrogens is 314 g/mol. The zero-order valence-corrected chi connectivity index (χ0v) is 13.0. The van der Waals surface area contributed by atoms with E-state index in [1.807, 2.05) is 43.3 Å². The molecule has 1 aromatic rings. The molecule has 0 aliphatic carbocycles. The fraction of sp³-hybridized carbons (Fsp3) is 0.385. The van der Waals surface area contributed by atoms with Crippen LogP contribution in [0.4, 0.5) is 0 Å². The van der Waals surface area contributed by atoms with Crippen molar-refractivity contribution in [2.75, 3.05) is 7.05 Å². The third kappa shape index (κ3) is 3.47. The SMILES string of the molecule is CC/C(=N\C#N)N(C)C(C)c1ccc(Br)c(Cl)c1. The van der Waals surface area contributed by atoms with Crippen LogP contribution in [0, 0.1) is 11.5 Å². The third-order valence-corrected chi connectivity index (χ3v) is 4.14. The molecule has 0 spiro atoms. The van der Waals surface area contributed by atoms with Crippen LogP contribution in [0.15, 0.2) is 27.7 Å². The minimum Gasteiger partial charge on any atom is -0.356 e. The standard InChI is InChI=1S/C13H15BrClN3/c1-4-13(17-8-16)18(3)9(2)10-5-6-11(14)12(15)7-10/h5-7,9H,4H2,1-3H3/b17-13+. The Morgan fingerprint density at radius 3 is 2.78 bits per heavy atom. The summed E-state index contributed by atoms with van der Waals surface area (Å²) in [5.41, 5.74) is 1.09. The largest absolute Gasteiger partial charge is 0.356 e. The average molecular weight is 329 g/mol. The van der Waals surface area contributed by atoms with Crippen molar-refractivity contribution in [3.8, 4) is 6.19 Å². The number of hydrogen-bond acceptors (Lipinski definition) is 2. The normalized spacial score (nSPS) is 13.0. The Morgan fingerprint density at radius 2 is 2.28 bits per heavy atom. The van der Waals surface area contributed by atoms with E-state index in [0.29, 0.717) is 5.02 Å². The number of amidine groups is 1. The summed E-state index contributed by atoms with van der Waals surface area (Å²) in [6, 6.07) is 5.97. The second kappa shape index (κ2) is 6.77. The highest BCUT2D eigenvalue weighted by Crippen LogP contribution is 2.28. The molecule has 0 aliphatic heterocycles. The van der Waals surface area contributed by atoms with Crippen LogP contribution in [0.3, 0.4) is 0 Å². The molecule has 1 atom stereocenters. The molecule has 5 heteroatoms. The van der Waals surface area contributed by atoms with E-state index in [9.17, 15) is 0 Å². The zero-order valence-electron chi connectivity index (χ0n) is 10.6. The third-order valence-electron chi connectivity index (χ3n) is 2.91. The van der Waals surface area contributed by atoms with Crippen LogP contribution in [-0.2, 0) is 0 Å². The first-order valence-electron chi connectivity index (χ1n) is 5.64. The van der Waals surface area contributed by atoms with Crippen LogP contribution in [0.5, 0.6) is 0 Å². The molecule has 0 aromatic heterocycles. The van der Waals surface area contributed by atoms with Gasteiger partial charge in [-0.3, -0.25) is 0 Å². The van der Waals surface area contributed by atoms with Gasteiger partial charge in [0.1, 0.15) is 5.84 Å². The lowest BCUT2D eigenvalue weighted by molar-refractivity contribution is 0.395. The predicted molar refractivity (Wildman–Crippen MR) is 78.7 cm³/mol. The number of hydrogen-bond donors (Lipinski definition) is 0. The van der Waals surface area contributed by atoms with Crippen molar-refractivity contribution in [2.24, 2.45) is 4.99 Å². The van der Waals surface area contributed by atoms with Gasteiger partial charge in [-0.1, -0.05) is 24.6 Å². The van der Waals surface area contributed by atoms with Gasteiger partial charge in [0.2, 0.25) is 6.19 Å². The van der Waals surface area contributed by atoms with E-state index >= 15 is 0 Å². The van der Waals surface area contributed by atoms with Gasteiger partial charge in [-0.2, -0.15) is 10.3 Å². The maximum atomic E-state index is 8.66. The van der Waals surface area contributed by atoms with Crippen LogP contribution >= 0.6 is 27.5 Å². The summed E-state index contributed by atoms with van der Waals surface area (Å²) in [5.74, 6) is 0.768. The van der Waals surface area contributed by atoms with Crippen LogP contribution in [0.25, 0.3) is 0 Å². The van der Waals surface area contributed by atoms with Crippen LogP contribution in [-0.4, -0.2) is 17.8 Å². The zero-order chi connectivity index (χ0) is 13.7. The van der Waals surface area contributed by atoms with Gasteiger partial charge in [0.05, 0.1) is 11.1 Å². The van der Waals surface area contributed by atoms with Crippen LogP contribution in [0.1, 0.15) is 31.9 Å². The second-order valence-corrected chi connectivity index (χ2v) is 5.20. The van der Waals surface area contributed by atoms with E-state index in [1.54, 1.807) is 0 Å². The monoisotopic (exact) mass is 327 g/mol. The summed E-state index contributed by atoms with van der Waals surface area (Å²) in [4.78, 5) is 5.82. The van der Waals surface area contributed by atoms with Gasteiger partial charge >= 0.3 is 0 Å². The molecule has 0 heterocycles. The van der Waals surface area contributed by atoms with Crippen molar-refractivity contribution in [3.63, 3.8) is 0 Å². The van der Waals surface area contributed by atoms with Gasteiger partial charge in [0, 0.05) is 17.9 Å². The van der Waals surface area contributed by atoms with Gasteiger partial charge in [0.25, 0.3) is 0 Å². The highest BCUT2D eigenvalue weighted by molar-refractivity contribution is 9.10. The maximum Gasteiger partial charge on any atom is 0.207 e. The number of rotatable bonds is 3. The van der Waals surface area contributed by atoms with E-state index in [2.05, 4.69) is 27.8 Å². The molecule has 0 fully saturated rings. The molecule has 96 valence electrons. The van der Waals surface area contributed by atoms with E-state index < -0.39 is 0 Å². The quantitative estimate of drug-likeness (QED) is 0.469. The summed E-state index contributed by atoms with van der Waals surface area (Å²) in [6.07, 6.45) is 2.56. The van der Waals surface area contributed by atoms with Gasteiger partial charge in [-0.15, -0.1) is 0 Å². The van der Waals surface area contributed by atoms with E-state index in [4.69, 9.17) is 16.9 Å². The molecule has 1 aromatic carbocycles. The number of nitriles is 1. The molecule has 0 radical (unpaired) electrons. The van der Waals surface area contributed by atoms with Crippen molar-refractivity contribution >= 4 is 33.4 Å². The Hall–Kier alpha value is -1.05. The van der Waals surface area contributed by atoms with Crippen LogP contribution < -0.4 is 0 Å². The molecule has 18 heavy (non-hydrogen) atoms. The van der Waals surface area contributed by atoms with Crippen molar-refractivity contribution in [2.45, 2.75) is 26.3 Å². The second-order valence-electron chi connectivity index (χ2n) is 3.94. The minimum absolute atomic E-state index is 0.114. The van der Waals surface area contributed by atoms with Gasteiger partial charge in [-0.05, 0) is 40.5 Å². The lowest BCUT2D eigenvalue weighted by Crippen LogP contribution is -2.29. The molecule has 0 bridgehead atoms. The highest BCUT2D eigenvalue weighted by atomic mass is 79.9. The van der Waals surface area contributed by atoms with Crippen molar-refractivity contribution < 1.29 is 0 Å². The Balaban J connectivity index is 2.99. The first-order chi connectivity index (χ1) is 8.51. The smallest absolute Gasteiger partial charge is 0.207 e. The van der Waals surface area contributed by atoms with Gasteiger partial charge in [-0.25, -0.2) is 0 Å². The average Bonchev–Trinajstić information content (AvgIpc) is 2.37. The minimum atomic E-state index is 0.114. The Kier molecular flexibility index (Phi) is 5.64. The first kappa shape index (κ1) is 15.0. The van der Waals surface area contributed by atoms with Crippen LogP contribution in [0.2, 0.25) is 5.02 Å². The first-order valence-corrected chi connectivity index (χ1v) is 6.81. The molecule has 1 rings (SSSR count). The summed E-state index contributed by atoms with van der Waals surface area (Å²) in [6.45, 7) is 4.04. The summed E-state index contributed by atoms with van der Waals surface area (Å²) in [7, 11) is 1.93. The van der Waals surface area contributed by atoms with Crippen molar-refractivity contribution in [3.05, 3.63) is 33.3 Å². The van der Waals surface area contributed by atoms with E-state index in [0.717, 1.165) is 22.3 Å². The topological polar surface area (TPSA) is 39.4 Å². The van der Waals surface area contributed by atoms with Crippen molar-refractivity contribution in [1.82, 2.24) is 4.90 Å².